The van der Waals surface area contributed by atoms with Crippen LogP contribution < -0.4 is 4.65 Å². The van der Waals surface area contributed by atoms with Crippen molar-refractivity contribution in [1.29, 1.82) is 5.26 Å². The van der Waals surface area contributed by atoms with E-state index in [1.165, 1.54) is 6.07 Å². The van der Waals surface area contributed by atoms with Crippen LogP contribution in [0.2, 0.25) is 0 Å². The Balaban J connectivity index is 2.67. The Labute approximate surface area is 67.5 Å². The first-order chi connectivity index (χ1) is 5.22. The van der Waals surface area contributed by atoms with Gasteiger partial charge in [-0.1, -0.05) is 0 Å². The van der Waals surface area contributed by atoms with Gasteiger partial charge in [-0.3, -0.25) is 0 Å². The summed E-state index contributed by atoms with van der Waals surface area (Å²) >= 11 is 1.14. The molecule has 0 aliphatic heterocycles. The molecular formula is C5H4BNO3S. The van der Waals surface area contributed by atoms with E-state index in [1.807, 2.05) is 6.07 Å². The van der Waals surface area contributed by atoms with Crippen LogP contribution in [-0.4, -0.2) is 17.4 Å². The zero-order chi connectivity index (χ0) is 8.27. The molecule has 4 nitrogen and oxygen atoms in total. The maximum atomic E-state index is 8.36. The van der Waals surface area contributed by atoms with Gasteiger partial charge in [0, 0.05) is 11.4 Å². The van der Waals surface area contributed by atoms with E-state index in [0.717, 1.165) is 11.3 Å². The van der Waals surface area contributed by atoms with Crippen LogP contribution in [0.25, 0.3) is 0 Å². The van der Waals surface area contributed by atoms with Crippen LogP contribution >= 0.6 is 11.3 Å². The fourth-order valence-electron chi connectivity index (χ4n) is 0.541. The third-order valence-electron chi connectivity index (χ3n) is 0.926. The second-order valence-corrected chi connectivity index (χ2v) is 2.58. The van der Waals surface area contributed by atoms with Crippen molar-refractivity contribution < 1.29 is 14.7 Å². The number of thiophene rings is 1. The predicted molar refractivity (Wildman–Crippen MR) is 39.9 cm³/mol. The Hall–Kier alpha value is -1.03. The monoisotopic (exact) mass is 169 g/mol. The maximum Gasteiger partial charge on any atom is 0.708 e. The molecule has 0 amide bonds. The number of hydrogen-bond acceptors (Lipinski definition) is 5. The highest BCUT2D eigenvalue weighted by Gasteiger charge is 2.12. The summed E-state index contributed by atoms with van der Waals surface area (Å²) < 4.78 is 4.48. The van der Waals surface area contributed by atoms with Crippen LogP contribution in [0.1, 0.15) is 5.56 Å². The van der Waals surface area contributed by atoms with E-state index in [-0.39, 0.29) is 0 Å². The predicted octanol–water partition coefficient (Wildman–Crippen LogP) is -0.0319. The van der Waals surface area contributed by atoms with Gasteiger partial charge in [0.2, 0.25) is 0 Å². The molecule has 1 heterocycles. The molecule has 56 valence electrons. The Kier molecular flexibility index (Phi) is 2.49. The number of rotatable bonds is 2. The van der Waals surface area contributed by atoms with E-state index in [2.05, 4.69) is 4.65 Å². The summed E-state index contributed by atoms with van der Waals surface area (Å²) in [5.74, 6) is 0. The van der Waals surface area contributed by atoms with Crippen LogP contribution in [0.4, 0.5) is 0 Å². The highest BCUT2D eigenvalue weighted by molar-refractivity contribution is 7.12. The lowest BCUT2D eigenvalue weighted by Gasteiger charge is -1.97. The van der Waals surface area contributed by atoms with Gasteiger partial charge in [-0.25, -0.2) is 0 Å². The van der Waals surface area contributed by atoms with Crippen LogP contribution in [0, 0.1) is 11.3 Å². The number of hydrogen-bond donors (Lipinski definition) is 2. The molecule has 0 saturated carbocycles. The molecule has 0 saturated heterocycles. The summed E-state index contributed by atoms with van der Waals surface area (Å²) in [6.07, 6.45) is 0. The molecular weight excluding hydrogens is 165 g/mol. The summed E-state index contributed by atoms with van der Waals surface area (Å²) in [7, 11) is -1.82. The minimum atomic E-state index is -1.82. The SMILES string of the molecule is N#Cc1csc(OB(O)O)c1. The Morgan fingerprint density at radius 2 is 2.36 bits per heavy atom. The number of nitriles is 1. The van der Waals surface area contributed by atoms with Crippen LogP contribution in [0.3, 0.4) is 0 Å². The fraction of sp³-hybridized carbons (Fsp3) is 0. The minimum Gasteiger partial charge on any atom is -0.504 e. The third-order valence-corrected chi connectivity index (χ3v) is 1.74. The first-order valence-electron chi connectivity index (χ1n) is 2.74. The average molecular weight is 169 g/mol. The molecule has 0 bridgehead atoms. The molecule has 0 spiro atoms. The normalized spacial score (nSPS) is 8.82. The summed E-state index contributed by atoms with van der Waals surface area (Å²) in [5, 5.41) is 26.9. The molecule has 0 radical (unpaired) electrons. The standard InChI is InChI=1S/C5H4BNO3S/c7-2-4-1-5(11-3-4)10-6(8)9/h1,3,8-9H. The fourth-order valence-corrected chi connectivity index (χ4v) is 1.24. The Morgan fingerprint density at radius 1 is 1.64 bits per heavy atom. The lowest BCUT2D eigenvalue weighted by atomic mass is 10.3. The summed E-state index contributed by atoms with van der Waals surface area (Å²) in [5.41, 5.74) is 0.450. The van der Waals surface area contributed by atoms with Crippen molar-refractivity contribution >= 4 is 18.7 Å². The lowest BCUT2D eigenvalue weighted by Crippen LogP contribution is -2.19. The van der Waals surface area contributed by atoms with Gasteiger partial charge in [0.05, 0.1) is 5.56 Å². The molecule has 0 fully saturated rings. The molecule has 0 aliphatic carbocycles. The van der Waals surface area contributed by atoms with Gasteiger partial charge in [-0.15, -0.1) is 11.3 Å². The zero-order valence-corrected chi connectivity index (χ0v) is 6.21. The molecule has 1 aromatic rings. The first kappa shape index (κ1) is 8.08. The van der Waals surface area contributed by atoms with Crippen LogP contribution in [0.15, 0.2) is 11.4 Å². The molecule has 0 aromatic carbocycles. The highest BCUT2D eigenvalue weighted by Crippen LogP contribution is 2.22. The van der Waals surface area contributed by atoms with Gasteiger partial charge in [-0.2, -0.15) is 5.26 Å². The van der Waals surface area contributed by atoms with Crippen molar-refractivity contribution in [3.05, 3.63) is 17.0 Å². The van der Waals surface area contributed by atoms with Crippen LogP contribution in [-0.2, 0) is 0 Å². The van der Waals surface area contributed by atoms with Gasteiger partial charge in [0.1, 0.15) is 6.07 Å². The average Bonchev–Trinajstić information content (AvgIpc) is 2.34. The summed E-state index contributed by atoms with van der Waals surface area (Å²) in [4.78, 5) is 0. The van der Waals surface area contributed by atoms with Crippen molar-refractivity contribution in [1.82, 2.24) is 0 Å². The topological polar surface area (TPSA) is 73.5 Å². The van der Waals surface area contributed by atoms with Gasteiger partial charge < -0.3 is 14.7 Å². The van der Waals surface area contributed by atoms with E-state index < -0.39 is 7.32 Å². The lowest BCUT2D eigenvalue weighted by molar-refractivity contribution is 0.291. The first-order valence-corrected chi connectivity index (χ1v) is 3.62. The molecule has 0 aliphatic rings. The minimum absolute atomic E-state index is 0.316. The zero-order valence-electron chi connectivity index (χ0n) is 5.39. The van der Waals surface area contributed by atoms with Crippen molar-refractivity contribution in [2.45, 2.75) is 0 Å². The molecule has 0 atom stereocenters. The molecule has 2 N–H and O–H groups in total. The van der Waals surface area contributed by atoms with E-state index >= 15 is 0 Å². The number of nitrogens with zero attached hydrogens (tertiary/aromatic N) is 1. The van der Waals surface area contributed by atoms with Gasteiger partial charge in [0.25, 0.3) is 0 Å². The molecule has 1 aromatic heterocycles. The second kappa shape index (κ2) is 3.39. The van der Waals surface area contributed by atoms with E-state index in [9.17, 15) is 0 Å². The van der Waals surface area contributed by atoms with Crippen LogP contribution in [0.5, 0.6) is 5.06 Å². The third kappa shape index (κ3) is 2.24. The van der Waals surface area contributed by atoms with Crippen molar-refractivity contribution in [3.8, 4) is 11.1 Å². The smallest absolute Gasteiger partial charge is 0.504 e. The molecule has 1 rings (SSSR count). The molecule has 6 heteroatoms. The summed E-state index contributed by atoms with van der Waals surface area (Å²) in [6.45, 7) is 0. The van der Waals surface area contributed by atoms with Crippen molar-refractivity contribution in [2.24, 2.45) is 0 Å². The Morgan fingerprint density at radius 3 is 2.82 bits per heavy atom. The largest absolute Gasteiger partial charge is 0.708 e. The quantitative estimate of drug-likeness (QED) is 0.609. The highest BCUT2D eigenvalue weighted by atomic mass is 32.1. The second-order valence-electron chi connectivity index (χ2n) is 1.71. The van der Waals surface area contributed by atoms with Gasteiger partial charge in [0.15, 0.2) is 5.06 Å². The van der Waals surface area contributed by atoms with E-state index in [4.69, 9.17) is 15.3 Å². The van der Waals surface area contributed by atoms with E-state index in [1.54, 1.807) is 5.38 Å². The molecule has 11 heavy (non-hydrogen) atoms. The van der Waals surface area contributed by atoms with Crippen molar-refractivity contribution in [3.63, 3.8) is 0 Å². The van der Waals surface area contributed by atoms with Gasteiger partial charge in [-0.05, 0) is 0 Å². The Bertz CT molecular complexity index is 280. The summed E-state index contributed by atoms with van der Waals surface area (Å²) in [6, 6.07) is 3.32. The van der Waals surface area contributed by atoms with E-state index in [0.29, 0.717) is 10.6 Å². The maximum absolute atomic E-state index is 8.36. The van der Waals surface area contributed by atoms with Crippen molar-refractivity contribution in [2.75, 3.05) is 0 Å². The van der Waals surface area contributed by atoms with Gasteiger partial charge >= 0.3 is 7.32 Å². The molecule has 0 unspecified atom stereocenters.